The first-order chi connectivity index (χ1) is 9.80. The van der Waals surface area contributed by atoms with Gasteiger partial charge in [0.2, 0.25) is 5.91 Å². The van der Waals surface area contributed by atoms with E-state index in [9.17, 15) is 9.90 Å². The molecule has 0 bridgehead atoms. The van der Waals surface area contributed by atoms with Crippen molar-refractivity contribution in [3.63, 3.8) is 0 Å². The molecule has 114 valence electrons. The third-order valence-corrected chi connectivity index (χ3v) is 3.47. The lowest BCUT2D eigenvalue weighted by Gasteiger charge is -2.28. The lowest BCUT2D eigenvalue weighted by molar-refractivity contribution is -0.133. The van der Waals surface area contributed by atoms with Gasteiger partial charge >= 0.3 is 0 Å². The maximum absolute atomic E-state index is 12.4. The van der Waals surface area contributed by atoms with Crippen molar-refractivity contribution in [2.75, 3.05) is 13.1 Å². The summed E-state index contributed by atoms with van der Waals surface area (Å²) in [7, 11) is 0. The summed E-state index contributed by atoms with van der Waals surface area (Å²) in [5.41, 5.74) is 1.95. The highest BCUT2D eigenvalue weighted by Crippen LogP contribution is 2.23. The number of carbonyl (C=O) groups is 1. The van der Waals surface area contributed by atoms with Crippen molar-refractivity contribution in [1.82, 2.24) is 4.90 Å². The lowest BCUT2D eigenvalue weighted by atomic mass is 10.1. The Morgan fingerprint density at radius 1 is 1.38 bits per heavy atom. The Morgan fingerprint density at radius 3 is 2.71 bits per heavy atom. The average molecular weight is 289 g/mol. The molecule has 0 unspecified atom stereocenters. The van der Waals surface area contributed by atoms with Crippen molar-refractivity contribution < 1.29 is 14.3 Å². The van der Waals surface area contributed by atoms with Crippen molar-refractivity contribution >= 4 is 16.9 Å². The van der Waals surface area contributed by atoms with Gasteiger partial charge in [0.05, 0.1) is 18.3 Å². The highest BCUT2D eigenvalue weighted by molar-refractivity contribution is 5.88. The van der Waals surface area contributed by atoms with E-state index in [1.165, 1.54) is 0 Å². The van der Waals surface area contributed by atoms with Gasteiger partial charge in [-0.2, -0.15) is 0 Å². The molecule has 2 aromatic rings. The number of nitrogens with zero attached hydrogens (tertiary/aromatic N) is 1. The number of aryl methyl sites for hydroxylation is 1. The fourth-order valence-corrected chi connectivity index (χ4v) is 2.45. The highest BCUT2D eigenvalue weighted by atomic mass is 16.3. The molecule has 0 aliphatic rings. The van der Waals surface area contributed by atoms with Crippen LogP contribution >= 0.6 is 0 Å². The second-order valence-corrected chi connectivity index (χ2v) is 6.16. The maximum atomic E-state index is 12.4. The zero-order valence-corrected chi connectivity index (χ0v) is 13.1. The van der Waals surface area contributed by atoms with Crippen molar-refractivity contribution in [3.05, 3.63) is 35.6 Å². The fourth-order valence-electron chi connectivity index (χ4n) is 2.45. The van der Waals surface area contributed by atoms with Crippen molar-refractivity contribution in [2.24, 2.45) is 0 Å². The summed E-state index contributed by atoms with van der Waals surface area (Å²) in [6.45, 7) is 8.25. The van der Waals surface area contributed by atoms with E-state index >= 15 is 0 Å². The molecule has 0 saturated carbocycles. The smallest absolute Gasteiger partial charge is 0.227 e. The molecule has 4 nitrogen and oxygen atoms in total. The van der Waals surface area contributed by atoms with Crippen molar-refractivity contribution in [2.45, 2.75) is 39.7 Å². The molecular formula is C17H23NO3. The van der Waals surface area contributed by atoms with Gasteiger partial charge in [-0.05, 0) is 39.3 Å². The Hall–Kier alpha value is -1.81. The van der Waals surface area contributed by atoms with Crippen molar-refractivity contribution in [1.29, 1.82) is 0 Å². The average Bonchev–Trinajstić information content (AvgIpc) is 2.77. The Bertz CT molecular complexity index is 637. The number of rotatable bonds is 5. The van der Waals surface area contributed by atoms with E-state index < -0.39 is 5.60 Å². The van der Waals surface area contributed by atoms with Gasteiger partial charge in [-0.3, -0.25) is 4.79 Å². The van der Waals surface area contributed by atoms with Crippen LogP contribution in [0, 0.1) is 6.92 Å². The Kier molecular flexibility index (Phi) is 4.37. The largest absolute Gasteiger partial charge is 0.464 e. The molecular weight excluding hydrogens is 266 g/mol. The Balaban J connectivity index is 2.17. The number of aliphatic hydroxyl groups is 1. The van der Waals surface area contributed by atoms with E-state index in [0.717, 1.165) is 22.1 Å². The summed E-state index contributed by atoms with van der Waals surface area (Å²) in [6, 6.07) is 5.97. The maximum Gasteiger partial charge on any atom is 0.227 e. The number of furan rings is 1. The first kappa shape index (κ1) is 15.6. The van der Waals surface area contributed by atoms with E-state index in [-0.39, 0.29) is 5.91 Å². The number of benzene rings is 1. The van der Waals surface area contributed by atoms with Gasteiger partial charge < -0.3 is 14.4 Å². The minimum Gasteiger partial charge on any atom is -0.464 e. The molecule has 21 heavy (non-hydrogen) atoms. The Morgan fingerprint density at radius 2 is 2.10 bits per heavy atom. The SMILES string of the molecule is CCN(CC(C)(C)O)C(=O)Cc1coc2cc(C)ccc12. The minimum atomic E-state index is -0.888. The number of likely N-dealkylation sites (N-methyl/N-ethyl adjacent to an activating group) is 1. The first-order valence-electron chi connectivity index (χ1n) is 7.27. The predicted octanol–water partition coefficient (Wildman–Crippen LogP) is 2.90. The van der Waals surface area contributed by atoms with Gasteiger partial charge in [-0.1, -0.05) is 12.1 Å². The van der Waals surface area contributed by atoms with Crippen LogP contribution in [0.25, 0.3) is 11.0 Å². The third kappa shape index (κ3) is 3.85. The quantitative estimate of drug-likeness (QED) is 0.920. The molecule has 2 rings (SSSR count). The molecule has 4 heteroatoms. The summed E-state index contributed by atoms with van der Waals surface area (Å²) in [5.74, 6) is 0.00269. The van der Waals surface area contributed by atoms with Gasteiger partial charge in [-0.25, -0.2) is 0 Å². The normalized spacial score (nSPS) is 11.9. The number of hydrogen-bond donors (Lipinski definition) is 1. The molecule has 0 atom stereocenters. The van der Waals surface area contributed by atoms with Crippen LogP contribution in [-0.4, -0.2) is 34.6 Å². The molecule has 1 aromatic carbocycles. The van der Waals surface area contributed by atoms with E-state index in [4.69, 9.17) is 4.42 Å². The summed E-state index contributed by atoms with van der Waals surface area (Å²) < 4.78 is 5.52. The van der Waals surface area contributed by atoms with Crippen LogP contribution in [0.5, 0.6) is 0 Å². The molecule has 1 amide bonds. The van der Waals surface area contributed by atoms with Crippen molar-refractivity contribution in [3.8, 4) is 0 Å². The molecule has 1 N–H and O–H groups in total. The molecule has 0 spiro atoms. The second kappa shape index (κ2) is 5.90. The second-order valence-electron chi connectivity index (χ2n) is 6.16. The van der Waals surface area contributed by atoms with Crippen LogP contribution in [0.1, 0.15) is 31.9 Å². The van der Waals surface area contributed by atoms with Gasteiger partial charge in [-0.15, -0.1) is 0 Å². The topological polar surface area (TPSA) is 53.7 Å². The molecule has 0 aliphatic carbocycles. The molecule has 0 aliphatic heterocycles. The van der Waals surface area contributed by atoms with Crippen LogP contribution in [0.2, 0.25) is 0 Å². The fraction of sp³-hybridized carbons (Fsp3) is 0.471. The molecule has 1 heterocycles. The summed E-state index contributed by atoms with van der Waals surface area (Å²) in [6.07, 6.45) is 1.94. The van der Waals surface area contributed by atoms with Crippen LogP contribution in [0.4, 0.5) is 0 Å². The lowest BCUT2D eigenvalue weighted by Crippen LogP contribution is -2.42. The van der Waals surface area contributed by atoms with Crippen LogP contribution in [0.3, 0.4) is 0 Å². The van der Waals surface area contributed by atoms with Gasteiger partial charge in [0.25, 0.3) is 0 Å². The van der Waals surface area contributed by atoms with Crippen LogP contribution in [-0.2, 0) is 11.2 Å². The van der Waals surface area contributed by atoms with Gasteiger partial charge in [0, 0.05) is 24.0 Å². The molecule has 0 radical (unpaired) electrons. The monoisotopic (exact) mass is 289 g/mol. The predicted molar refractivity (Wildman–Crippen MR) is 83.2 cm³/mol. The molecule has 1 aromatic heterocycles. The van der Waals surface area contributed by atoms with Gasteiger partial charge in [0.1, 0.15) is 5.58 Å². The first-order valence-corrected chi connectivity index (χ1v) is 7.27. The standard InChI is InChI=1S/C17H23NO3/c1-5-18(11-17(3,4)20)16(19)9-13-10-21-15-8-12(2)6-7-14(13)15/h6-8,10,20H,5,9,11H2,1-4H3. The van der Waals surface area contributed by atoms with Gasteiger partial charge in [0.15, 0.2) is 0 Å². The number of fused-ring (bicyclic) bond motifs is 1. The zero-order chi connectivity index (χ0) is 15.6. The summed E-state index contributed by atoms with van der Waals surface area (Å²) >= 11 is 0. The van der Waals surface area contributed by atoms with E-state index in [1.54, 1.807) is 25.0 Å². The minimum absolute atomic E-state index is 0.00269. The van der Waals surface area contributed by atoms with E-state index in [2.05, 4.69) is 0 Å². The molecule has 0 saturated heterocycles. The molecule has 0 fully saturated rings. The van der Waals surface area contributed by atoms with E-state index in [0.29, 0.717) is 19.5 Å². The summed E-state index contributed by atoms with van der Waals surface area (Å²) in [5, 5.41) is 10.9. The third-order valence-electron chi connectivity index (χ3n) is 3.47. The highest BCUT2D eigenvalue weighted by Gasteiger charge is 2.22. The number of amides is 1. The van der Waals surface area contributed by atoms with Crippen LogP contribution in [0.15, 0.2) is 28.9 Å². The number of hydrogen-bond acceptors (Lipinski definition) is 3. The summed E-state index contributed by atoms with van der Waals surface area (Å²) in [4.78, 5) is 14.1. The van der Waals surface area contributed by atoms with E-state index in [1.807, 2.05) is 32.0 Å². The number of carbonyl (C=O) groups excluding carboxylic acids is 1. The Labute approximate surface area is 125 Å². The zero-order valence-electron chi connectivity index (χ0n) is 13.1. The van der Waals surface area contributed by atoms with Crippen LogP contribution < -0.4 is 0 Å².